The first-order valence-electron chi connectivity index (χ1n) is 7.08. The molecular weight excluding hydrogens is 230 g/mol. The van der Waals surface area contributed by atoms with Crippen molar-refractivity contribution < 1.29 is 14.7 Å². The summed E-state index contributed by atoms with van der Waals surface area (Å²) < 4.78 is 0. The minimum atomic E-state index is -0.827. The number of hydrogen-bond donors (Lipinski definition) is 2. The molecule has 1 saturated heterocycles. The predicted molar refractivity (Wildman–Crippen MR) is 70.5 cm³/mol. The lowest BCUT2D eigenvalue weighted by Gasteiger charge is -2.22. The van der Waals surface area contributed by atoms with Crippen molar-refractivity contribution in [3.05, 3.63) is 0 Å². The fraction of sp³-hybridized carbons (Fsp3) is 0.857. The highest BCUT2D eigenvalue weighted by Crippen LogP contribution is 2.20. The van der Waals surface area contributed by atoms with Gasteiger partial charge in [-0.2, -0.15) is 0 Å². The van der Waals surface area contributed by atoms with Gasteiger partial charge in [0.15, 0.2) is 0 Å². The lowest BCUT2D eigenvalue weighted by molar-refractivity contribution is -0.144. The number of carboxylic acid groups (broad SMARTS) is 1. The lowest BCUT2D eigenvalue weighted by atomic mass is 9.89. The second-order valence-electron chi connectivity index (χ2n) is 5.30. The van der Waals surface area contributed by atoms with Crippen molar-refractivity contribution in [2.45, 2.75) is 51.9 Å². The van der Waals surface area contributed by atoms with Gasteiger partial charge in [-0.3, -0.25) is 9.59 Å². The van der Waals surface area contributed by atoms with Crippen LogP contribution in [-0.2, 0) is 9.59 Å². The topological polar surface area (TPSA) is 66.4 Å². The molecule has 0 radical (unpaired) electrons. The van der Waals surface area contributed by atoms with E-state index in [0.29, 0.717) is 18.8 Å². The van der Waals surface area contributed by atoms with Crippen LogP contribution < -0.4 is 5.32 Å². The Morgan fingerprint density at radius 2 is 2.00 bits per heavy atom. The molecular formula is C14H25NO3. The molecule has 1 aliphatic rings. The van der Waals surface area contributed by atoms with Crippen LogP contribution in [0.25, 0.3) is 0 Å². The maximum absolute atomic E-state index is 11.8. The van der Waals surface area contributed by atoms with Crippen molar-refractivity contribution in [1.29, 1.82) is 0 Å². The summed E-state index contributed by atoms with van der Waals surface area (Å²) in [6.07, 6.45) is 5.41. The van der Waals surface area contributed by atoms with Gasteiger partial charge in [-0.1, -0.05) is 13.3 Å². The largest absolute Gasteiger partial charge is 0.481 e. The van der Waals surface area contributed by atoms with Crippen LogP contribution in [-0.4, -0.2) is 29.9 Å². The molecule has 0 amide bonds. The molecule has 0 spiro atoms. The molecule has 4 heteroatoms. The van der Waals surface area contributed by atoms with E-state index in [1.165, 1.54) is 0 Å². The first-order chi connectivity index (χ1) is 8.63. The summed E-state index contributed by atoms with van der Waals surface area (Å²) in [5, 5.41) is 12.3. The number of carboxylic acids is 1. The molecule has 1 atom stereocenters. The van der Waals surface area contributed by atoms with Gasteiger partial charge in [-0.25, -0.2) is 0 Å². The van der Waals surface area contributed by atoms with Crippen LogP contribution in [0.4, 0.5) is 0 Å². The molecule has 104 valence electrons. The molecule has 1 heterocycles. The second kappa shape index (κ2) is 8.25. The van der Waals surface area contributed by atoms with E-state index in [2.05, 4.69) is 5.32 Å². The standard InChI is InChI=1S/C14H25NO3/c1-2-3-12(14(17)18)10-13(16)5-4-11-6-8-15-9-7-11/h11-12,15H,2-10H2,1H3,(H,17,18). The van der Waals surface area contributed by atoms with Crippen LogP contribution >= 0.6 is 0 Å². The third-order valence-electron chi connectivity index (χ3n) is 3.75. The number of Topliss-reactive ketones (excluding diaryl/α,β-unsaturated/α-hetero) is 1. The molecule has 2 N–H and O–H groups in total. The summed E-state index contributed by atoms with van der Waals surface area (Å²) in [6, 6.07) is 0. The van der Waals surface area contributed by atoms with Gasteiger partial charge >= 0.3 is 5.97 Å². The van der Waals surface area contributed by atoms with Crippen LogP contribution in [0.5, 0.6) is 0 Å². The Bertz CT molecular complexity index is 272. The average Bonchev–Trinajstić information content (AvgIpc) is 2.37. The molecule has 0 aromatic rings. The molecule has 0 aromatic heterocycles. The van der Waals surface area contributed by atoms with E-state index >= 15 is 0 Å². The minimum absolute atomic E-state index is 0.120. The van der Waals surface area contributed by atoms with Gasteiger partial charge in [0.25, 0.3) is 0 Å². The lowest BCUT2D eigenvalue weighted by Crippen LogP contribution is -2.28. The van der Waals surface area contributed by atoms with Gasteiger partial charge in [0.05, 0.1) is 5.92 Å². The van der Waals surface area contributed by atoms with Crippen molar-refractivity contribution in [3.8, 4) is 0 Å². The zero-order chi connectivity index (χ0) is 13.4. The molecule has 18 heavy (non-hydrogen) atoms. The van der Waals surface area contributed by atoms with Crippen molar-refractivity contribution in [3.63, 3.8) is 0 Å². The molecule has 1 aliphatic heterocycles. The first-order valence-corrected chi connectivity index (χ1v) is 7.08. The van der Waals surface area contributed by atoms with Crippen molar-refractivity contribution in [1.82, 2.24) is 5.32 Å². The molecule has 0 saturated carbocycles. The van der Waals surface area contributed by atoms with E-state index in [9.17, 15) is 9.59 Å². The Balaban J connectivity index is 2.24. The van der Waals surface area contributed by atoms with E-state index in [1.54, 1.807) is 0 Å². The SMILES string of the molecule is CCCC(CC(=O)CCC1CCNCC1)C(=O)O. The summed E-state index contributed by atoms with van der Waals surface area (Å²) in [5.41, 5.74) is 0. The number of nitrogens with one attached hydrogen (secondary N) is 1. The Hall–Kier alpha value is -0.900. The van der Waals surface area contributed by atoms with Gasteiger partial charge < -0.3 is 10.4 Å². The van der Waals surface area contributed by atoms with E-state index in [0.717, 1.165) is 38.8 Å². The summed E-state index contributed by atoms with van der Waals surface area (Å²) >= 11 is 0. The highest BCUT2D eigenvalue weighted by molar-refractivity contribution is 5.83. The average molecular weight is 255 g/mol. The summed E-state index contributed by atoms with van der Waals surface area (Å²) in [5.74, 6) is -0.540. The second-order valence-corrected chi connectivity index (χ2v) is 5.30. The number of carbonyl (C=O) groups excluding carboxylic acids is 1. The molecule has 1 fully saturated rings. The fourth-order valence-electron chi connectivity index (χ4n) is 2.57. The highest BCUT2D eigenvalue weighted by Gasteiger charge is 2.21. The van der Waals surface area contributed by atoms with Crippen molar-refractivity contribution in [2.24, 2.45) is 11.8 Å². The molecule has 0 aromatic carbocycles. The molecule has 1 unspecified atom stereocenters. The van der Waals surface area contributed by atoms with E-state index in [4.69, 9.17) is 5.11 Å². The number of ketones is 1. The van der Waals surface area contributed by atoms with Gasteiger partial charge in [-0.15, -0.1) is 0 Å². The Morgan fingerprint density at radius 3 is 2.56 bits per heavy atom. The number of piperidine rings is 1. The zero-order valence-corrected chi connectivity index (χ0v) is 11.3. The van der Waals surface area contributed by atoms with Crippen LogP contribution in [0, 0.1) is 11.8 Å². The zero-order valence-electron chi connectivity index (χ0n) is 11.3. The molecule has 0 bridgehead atoms. The Labute approximate surface area is 109 Å². The smallest absolute Gasteiger partial charge is 0.306 e. The monoisotopic (exact) mass is 255 g/mol. The molecule has 4 nitrogen and oxygen atoms in total. The summed E-state index contributed by atoms with van der Waals surface area (Å²) in [4.78, 5) is 22.8. The predicted octanol–water partition coefficient (Wildman–Crippen LogP) is 2.23. The first kappa shape index (κ1) is 15.2. The maximum atomic E-state index is 11.8. The van der Waals surface area contributed by atoms with Gasteiger partial charge in [0.2, 0.25) is 0 Å². The number of hydrogen-bond acceptors (Lipinski definition) is 3. The normalized spacial score (nSPS) is 18.5. The number of carbonyl (C=O) groups is 2. The Morgan fingerprint density at radius 1 is 1.33 bits per heavy atom. The highest BCUT2D eigenvalue weighted by atomic mass is 16.4. The summed E-state index contributed by atoms with van der Waals surface area (Å²) in [6.45, 7) is 4.05. The molecule has 1 rings (SSSR count). The minimum Gasteiger partial charge on any atom is -0.481 e. The van der Waals surface area contributed by atoms with Gasteiger partial charge in [0.1, 0.15) is 5.78 Å². The van der Waals surface area contributed by atoms with Crippen LogP contribution in [0.1, 0.15) is 51.9 Å². The van der Waals surface area contributed by atoms with Gasteiger partial charge in [0, 0.05) is 12.8 Å². The summed E-state index contributed by atoms with van der Waals surface area (Å²) in [7, 11) is 0. The maximum Gasteiger partial charge on any atom is 0.306 e. The number of rotatable bonds is 8. The van der Waals surface area contributed by atoms with Gasteiger partial charge in [-0.05, 0) is 44.7 Å². The van der Waals surface area contributed by atoms with E-state index in [-0.39, 0.29) is 12.2 Å². The van der Waals surface area contributed by atoms with Crippen LogP contribution in [0.3, 0.4) is 0 Å². The van der Waals surface area contributed by atoms with Crippen LogP contribution in [0.15, 0.2) is 0 Å². The fourth-order valence-corrected chi connectivity index (χ4v) is 2.57. The third-order valence-corrected chi connectivity index (χ3v) is 3.75. The Kier molecular flexibility index (Phi) is 6.94. The quantitative estimate of drug-likeness (QED) is 0.698. The third kappa shape index (κ3) is 5.63. The van der Waals surface area contributed by atoms with Crippen LogP contribution in [0.2, 0.25) is 0 Å². The van der Waals surface area contributed by atoms with E-state index in [1.807, 2.05) is 6.92 Å². The van der Waals surface area contributed by atoms with Crippen molar-refractivity contribution in [2.75, 3.05) is 13.1 Å². The molecule has 0 aliphatic carbocycles. The van der Waals surface area contributed by atoms with E-state index < -0.39 is 11.9 Å². The number of aliphatic carboxylic acids is 1. The van der Waals surface area contributed by atoms with Crippen molar-refractivity contribution >= 4 is 11.8 Å².